The highest BCUT2D eigenvalue weighted by atomic mass is 16.7. The fraction of sp³-hybridized carbons (Fsp3) is 0.667. The minimum absolute atomic E-state index is 0.179. The van der Waals surface area contributed by atoms with Crippen LogP contribution in [0.2, 0.25) is 0 Å². The van der Waals surface area contributed by atoms with Gasteiger partial charge in [-0.25, -0.2) is 4.79 Å². The van der Waals surface area contributed by atoms with Crippen molar-refractivity contribution in [3.8, 4) is 0 Å². The smallest absolute Gasteiger partial charge is 0.333 e. The van der Waals surface area contributed by atoms with Crippen LogP contribution in [0.4, 0.5) is 0 Å². The molecule has 0 amide bonds. The minimum Gasteiger partial charge on any atom is -0.466 e. The van der Waals surface area contributed by atoms with Gasteiger partial charge in [-0.2, -0.15) is 0 Å². The molecule has 1 aliphatic rings. The maximum atomic E-state index is 10.9. The van der Waals surface area contributed by atoms with Crippen LogP contribution in [0.15, 0.2) is 12.2 Å². The van der Waals surface area contributed by atoms with E-state index in [1.54, 1.807) is 0 Å². The van der Waals surface area contributed by atoms with Crippen LogP contribution in [-0.4, -0.2) is 32.6 Å². The molecule has 13 heavy (non-hydrogen) atoms. The molecule has 1 rings (SSSR count). The molecule has 1 heterocycles. The number of esters is 1. The molecule has 4 nitrogen and oxygen atoms in total. The number of carbonyl (C=O) groups is 1. The molecule has 0 aliphatic carbocycles. The quantitative estimate of drug-likeness (QED) is 0.482. The predicted molar refractivity (Wildman–Crippen MR) is 46.1 cm³/mol. The van der Waals surface area contributed by atoms with E-state index < -0.39 is 0 Å². The summed E-state index contributed by atoms with van der Waals surface area (Å²) in [7, 11) is 1.34. The van der Waals surface area contributed by atoms with Gasteiger partial charge in [0.2, 0.25) is 0 Å². The van der Waals surface area contributed by atoms with E-state index in [1.165, 1.54) is 7.11 Å². The molecule has 0 unspecified atom stereocenters. The first kappa shape index (κ1) is 10.2. The molecule has 74 valence electrons. The van der Waals surface area contributed by atoms with E-state index >= 15 is 0 Å². The van der Waals surface area contributed by atoms with Gasteiger partial charge < -0.3 is 14.2 Å². The summed E-state index contributed by atoms with van der Waals surface area (Å²) < 4.78 is 14.9. The lowest BCUT2D eigenvalue weighted by Crippen LogP contribution is -2.10. The molecule has 0 spiro atoms. The molecule has 0 saturated carbocycles. The van der Waals surface area contributed by atoms with Crippen LogP contribution < -0.4 is 0 Å². The Morgan fingerprint density at radius 3 is 2.69 bits per heavy atom. The topological polar surface area (TPSA) is 44.8 Å². The highest BCUT2D eigenvalue weighted by Crippen LogP contribution is 2.13. The second kappa shape index (κ2) is 4.99. The van der Waals surface area contributed by atoms with E-state index in [0.29, 0.717) is 31.6 Å². The number of hydrogen-bond acceptors (Lipinski definition) is 4. The van der Waals surface area contributed by atoms with Crippen molar-refractivity contribution in [3.05, 3.63) is 12.2 Å². The summed E-state index contributed by atoms with van der Waals surface area (Å²) in [6.45, 7) is 4.87. The first-order valence-electron chi connectivity index (χ1n) is 4.23. The maximum Gasteiger partial charge on any atom is 0.333 e. The van der Waals surface area contributed by atoms with Crippen LogP contribution in [0.25, 0.3) is 0 Å². The highest BCUT2D eigenvalue weighted by molar-refractivity contribution is 5.87. The maximum absolute atomic E-state index is 10.9. The van der Waals surface area contributed by atoms with Crippen LogP contribution in [0.5, 0.6) is 0 Å². The molecule has 1 aliphatic heterocycles. The van der Waals surface area contributed by atoms with Crippen LogP contribution in [0.1, 0.15) is 12.8 Å². The third-order valence-corrected chi connectivity index (χ3v) is 1.85. The second-order valence-electron chi connectivity index (χ2n) is 2.80. The largest absolute Gasteiger partial charge is 0.466 e. The van der Waals surface area contributed by atoms with Gasteiger partial charge in [0.15, 0.2) is 6.29 Å². The number of ether oxygens (including phenoxy) is 3. The molecule has 0 radical (unpaired) electrons. The average Bonchev–Trinajstić information content (AvgIpc) is 2.65. The summed E-state index contributed by atoms with van der Waals surface area (Å²) in [5, 5.41) is 0. The zero-order valence-corrected chi connectivity index (χ0v) is 7.75. The van der Waals surface area contributed by atoms with Gasteiger partial charge in [0.1, 0.15) is 0 Å². The van der Waals surface area contributed by atoms with Gasteiger partial charge in [0, 0.05) is 12.0 Å². The molecular formula is C9H14O4. The fourth-order valence-corrected chi connectivity index (χ4v) is 1.11. The molecule has 0 bridgehead atoms. The third kappa shape index (κ3) is 3.16. The predicted octanol–water partition coefficient (Wildman–Crippen LogP) is 0.869. The van der Waals surface area contributed by atoms with E-state index in [-0.39, 0.29) is 12.3 Å². The molecule has 4 heteroatoms. The summed E-state index contributed by atoms with van der Waals surface area (Å²) in [6.07, 6.45) is 1.03. The number of methoxy groups -OCH3 is 1. The van der Waals surface area contributed by atoms with Crippen molar-refractivity contribution in [2.45, 2.75) is 19.1 Å². The van der Waals surface area contributed by atoms with Gasteiger partial charge in [-0.05, 0) is 6.42 Å². The molecule has 0 aromatic heterocycles. The van der Waals surface area contributed by atoms with Crippen molar-refractivity contribution in [1.82, 2.24) is 0 Å². The Balaban J connectivity index is 2.17. The van der Waals surface area contributed by atoms with Gasteiger partial charge in [-0.3, -0.25) is 0 Å². The molecule has 0 N–H and O–H groups in total. The third-order valence-electron chi connectivity index (χ3n) is 1.85. The zero-order chi connectivity index (χ0) is 9.68. The fourth-order valence-electron chi connectivity index (χ4n) is 1.11. The number of rotatable bonds is 4. The minimum atomic E-state index is -0.363. The zero-order valence-electron chi connectivity index (χ0n) is 7.75. The SMILES string of the molecule is C=C(CCC1OCCO1)C(=O)OC. The summed E-state index contributed by atoms with van der Waals surface area (Å²) in [4.78, 5) is 10.9. The van der Waals surface area contributed by atoms with Crippen LogP contribution in [0.3, 0.4) is 0 Å². The van der Waals surface area contributed by atoms with Crippen molar-refractivity contribution < 1.29 is 19.0 Å². The highest BCUT2D eigenvalue weighted by Gasteiger charge is 2.17. The van der Waals surface area contributed by atoms with E-state index in [4.69, 9.17) is 9.47 Å². The Kier molecular flexibility index (Phi) is 3.92. The van der Waals surface area contributed by atoms with Crippen molar-refractivity contribution in [2.75, 3.05) is 20.3 Å². The summed E-state index contributed by atoms with van der Waals surface area (Å²) in [5.74, 6) is -0.363. The van der Waals surface area contributed by atoms with E-state index in [9.17, 15) is 4.79 Å². The van der Waals surface area contributed by atoms with E-state index in [0.717, 1.165) is 0 Å². The van der Waals surface area contributed by atoms with E-state index in [1.807, 2.05) is 0 Å². The Bertz CT molecular complexity index is 194. The molecule has 1 saturated heterocycles. The normalized spacial score (nSPS) is 17.3. The van der Waals surface area contributed by atoms with Crippen molar-refractivity contribution in [1.29, 1.82) is 0 Å². The van der Waals surface area contributed by atoms with Gasteiger partial charge in [0.25, 0.3) is 0 Å². The Hall–Kier alpha value is -0.870. The lowest BCUT2D eigenvalue weighted by molar-refractivity contribution is -0.136. The Labute approximate surface area is 77.5 Å². The lowest BCUT2D eigenvalue weighted by Gasteiger charge is -2.08. The van der Waals surface area contributed by atoms with Crippen LogP contribution in [0, 0.1) is 0 Å². The van der Waals surface area contributed by atoms with Crippen molar-refractivity contribution in [2.24, 2.45) is 0 Å². The standard InChI is InChI=1S/C9H14O4/c1-7(9(10)11-2)3-4-8-12-5-6-13-8/h8H,1,3-6H2,2H3. The molecule has 1 fully saturated rings. The van der Waals surface area contributed by atoms with Crippen molar-refractivity contribution >= 4 is 5.97 Å². The first-order valence-corrected chi connectivity index (χ1v) is 4.23. The van der Waals surface area contributed by atoms with Gasteiger partial charge in [-0.1, -0.05) is 6.58 Å². The van der Waals surface area contributed by atoms with Crippen LogP contribution in [-0.2, 0) is 19.0 Å². The Morgan fingerprint density at radius 1 is 1.54 bits per heavy atom. The lowest BCUT2D eigenvalue weighted by atomic mass is 10.1. The van der Waals surface area contributed by atoms with Gasteiger partial charge in [0.05, 0.1) is 20.3 Å². The first-order chi connectivity index (χ1) is 6.24. The van der Waals surface area contributed by atoms with Crippen molar-refractivity contribution in [3.63, 3.8) is 0 Å². The van der Waals surface area contributed by atoms with Crippen LogP contribution >= 0.6 is 0 Å². The van der Waals surface area contributed by atoms with Gasteiger partial charge >= 0.3 is 5.97 Å². The number of carbonyl (C=O) groups excluding carboxylic acids is 1. The molecule has 0 aromatic rings. The van der Waals surface area contributed by atoms with Gasteiger partial charge in [-0.15, -0.1) is 0 Å². The summed E-state index contributed by atoms with van der Waals surface area (Å²) in [6, 6.07) is 0. The average molecular weight is 186 g/mol. The number of hydrogen-bond donors (Lipinski definition) is 0. The molecule has 0 aromatic carbocycles. The van der Waals surface area contributed by atoms with E-state index in [2.05, 4.69) is 11.3 Å². The monoisotopic (exact) mass is 186 g/mol. The molecular weight excluding hydrogens is 172 g/mol. The molecule has 0 atom stereocenters. The summed E-state index contributed by atoms with van der Waals surface area (Å²) >= 11 is 0. The summed E-state index contributed by atoms with van der Waals surface area (Å²) in [5.41, 5.74) is 0.460. The Morgan fingerprint density at radius 2 is 2.15 bits per heavy atom. The second-order valence-corrected chi connectivity index (χ2v) is 2.80.